The van der Waals surface area contributed by atoms with Crippen molar-refractivity contribution < 1.29 is 9.32 Å². The minimum Gasteiger partial charge on any atom is -0.332 e. The maximum atomic E-state index is 12.5. The van der Waals surface area contributed by atoms with Gasteiger partial charge in [-0.05, 0) is 31.2 Å². The van der Waals surface area contributed by atoms with Crippen LogP contribution in [-0.4, -0.2) is 27.6 Å². The summed E-state index contributed by atoms with van der Waals surface area (Å²) in [5, 5.41) is 5.18. The van der Waals surface area contributed by atoms with Crippen LogP contribution < -0.4 is 4.90 Å². The first-order valence-electron chi connectivity index (χ1n) is 9.24. The maximum Gasteiger partial charge on any atom is 0.276 e. The maximum absolute atomic E-state index is 12.5. The quantitative estimate of drug-likeness (QED) is 0.543. The number of benzene rings is 2. The predicted molar refractivity (Wildman–Crippen MR) is 106 cm³/mol. The van der Waals surface area contributed by atoms with E-state index in [9.17, 15) is 4.79 Å². The number of rotatable bonds is 3. The smallest absolute Gasteiger partial charge is 0.276 e. The third-order valence-corrected chi connectivity index (χ3v) is 5.10. The van der Waals surface area contributed by atoms with Gasteiger partial charge in [0.2, 0.25) is 5.91 Å². The summed E-state index contributed by atoms with van der Waals surface area (Å²) in [6.45, 7) is 2.58. The number of pyridine rings is 1. The van der Waals surface area contributed by atoms with Crippen LogP contribution in [0.15, 0.2) is 65.2 Å². The van der Waals surface area contributed by atoms with Gasteiger partial charge in [-0.2, -0.15) is 4.98 Å². The topological polar surface area (TPSA) is 72.1 Å². The molecule has 0 aliphatic carbocycles. The van der Waals surface area contributed by atoms with E-state index >= 15 is 0 Å². The third-order valence-electron chi connectivity index (χ3n) is 5.10. The fraction of sp³-hybridized carbons (Fsp3) is 0.182. The molecule has 4 aromatic rings. The molecule has 0 radical (unpaired) electrons. The Kier molecular flexibility index (Phi) is 3.90. The highest BCUT2D eigenvalue weighted by Gasteiger charge is 2.34. The Balaban J connectivity index is 1.40. The number of hydrogen-bond acceptors (Lipinski definition) is 5. The van der Waals surface area contributed by atoms with Crippen LogP contribution in [0, 0.1) is 6.92 Å². The van der Waals surface area contributed by atoms with Crippen molar-refractivity contribution in [2.75, 3.05) is 11.4 Å². The zero-order valence-corrected chi connectivity index (χ0v) is 15.4. The molecule has 2 aromatic carbocycles. The van der Waals surface area contributed by atoms with Gasteiger partial charge in [0.05, 0.1) is 5.52 Å². The lowest BCUT2D eigenvalue weighted by Crippen LogP contribution is -2.24. The first kappa shape index (κ1) is 16.6. The zero-order chi connectivity index (χ0) is 19.1. The number of amides is 1. The van der Waals surface area contributed by atoms with Gasteiger partial charge in [0.25, 0.3) is 5.89 Å². The van der Waals surface area contributed by atoms with E-state index < -0.39 is 0 Å². The van der Waals surface area contributed by atoms with Crippen LogP contribution in [0.3, 0.4) is 0 Å². The van der Waals surface area contributed by atoms with Crippen molar-refractivity contribution in [2.45, 2.75) is 19.3 Å². The zero-order valence-electron chi connectivity index (χ0n) is 15.4. The van der Waals surface area contributed by atoms with E-state index in [1.165, 1.54) is 0 Å². The molecule has 28 heavy (non-hydrogen) atoms. The number of carbonyl (C=O) groups is 1. The van der Waals surface area contributed by atoms with Crippen molar-refractivity contribution in [3.8, 4) is 11.6 Å². The molecular weight excluding hydrogens is 352 g/mol. The largest absolute Gasteiger partial charge is 0.332 e. The van der Waals surface area contributed by atoms with Gasteiger partial charge in [-0.1, -0.05) is 47.1 Å². The molecule has 0 unspecified atom stereocenters. The van der Waals surface area contributed by atoms with Gasteiger partial charge in [0.15, 0.2) is 5.82 Å². The van der Waals surface area contributed by atoms with E-state index in [-0.39, 0.29) is 11.8 Å². The molecule has 0 saturated carbocycles. The van der Waals surface area contributed by atoms with Crippen molar-refractivity contribution in [3.05, 3.63) is 72.1 Å². The number of anilines is 1. The van der Waals surface area contributed by atoms with Gasteiger partial charge >= 0.3 is 0 Å². The molecule has 0 bridgehead atoms. The lowest BCUT2D eigenvalue weighted by Gasteiger charge is -2.16. The van der Waals surface area contributed by atoms with E-state index in [0.717, 1.165) is 22.2 Å². The molecule has 1 aliphatic rings. The SMILES string of the molecule is Cc1ccc(N2C[C@H](c3noc(-c4ccc5ccccc5n4)n3)CC2=O)cc1. The average molecular weight is 370 g/mol. The molecule has 1 fully saturated rings. The molecule has 138 valence electrons. The minimum atomic E-state index is -0.0910. The summed E-state index contributed by atoms with van der Waals surface area (Å²) >= 11 is 0. The van der Waals surface area contributed by atoms with E-state index in [2.05, 4.69) is 15.1 Å². The summed E-state index contributed by atoms with van der Waals surface area (Å²) in [5.41, 5.74) is 3.58. The van der Waals surface area contributed by atoms with Crippen LogP contribution >= 0.6 is 0 Å². The molecule has 0 spiro atoms. The van der Waals surface area contributed by atoms with Gasteiger partial charge in [0, 0.05) is 30.0 Å². The number of aromatic nitrogens is 3. The second kappa shape index (κ2) is 6.56. The summed E-state index contributed by atoms with van der Waals surface area (Å²) in [5.74, 6) is 0.908. The second-order valence-electron chi connectivity index (χ2n) is 7.09. The summed E-state index contributed by atoms with van der Waals surface area (Å²) in [4.78, 5) is 23.4. The Labute approximate surface area is 161 Å². The number of fused-ring (bicyclic) bond motifs is 1. The summed E-state index contributed by atoms with van der Waals surface area (Å²) in [6.07, 6.45) is 0.373. The molecule has 1 atom stereocenters. The Morgan fingerprint density at radius 2 is 1.82 bits per heavy atom. The number of para-hydroxylation sites is 1. The predicted octanol–water partition coefficient (Wildman–Crippen LogP) is 4.11. The molecule has 3 heterocycles. The normalized spacial score (nSPS) is 16.8. The van der Waals surface area contributed by atoms with Crippen molar-refractivity contribution in [2.24, 2.45) is 0 Å². The van der Waals surface area contributed by atoms with Crippen LogP contribution in [0.1, 0.15) is 23.7 Å². The van der Waals surface area contributed by atoms with Crippen molar-refractivity contribution in [3.63, 3.8) is 0 Å². The standard InChI is InChI=1S/C22H18N4O2/c1-14-6-9-17(10-7-14)26-13-16(12-20(26)27)21-24-22(28-25-21)19-11-8-15-4-2-3-5-18(15)23-19/h2-11,16H,12-13H2,1H3/t16-/m1/s1. The lowest BCUT2D eigenvalue weighted by atomic mass is 10.1. The average Bonchev–Trinajstić information content (AvgIpc) is 3.35. The molecular formula is C22H18N4O2. The molecule has 0 N–H and O–H groups in total. The van der Waals surface area contributed by atoms with E-state index in [4.69, 9.17) is 4.52 Å². The number of carbonyl (C=O) groups excluding carboxylic acids is 1. The number of aryl methyl sites for hydroxylation is 1. The Hall–Kier alpha value is -3.54. The van der Waals surface area contributed by atoms with Gasteiger partial charge in [0.1, 0.15) is 5.69 Å². The van der Waals surface area contributed by atoms with Crippen molar-refractivity contribution >= 4 is 22.5 Å². The first-order valence-corrected chi connectivity index (χ1v) is 9.24. The summed E-state index contributed by atoms with van der Waals surface area (Å²) in [6, 6.07) is 19.7. The highest BCUT2D eigenvalue weighted by molar-refractivity contribution is 5.96. The monoisotopic (exact) mass is 370 g/mol. The highest BCUT2D eigenvalue weighted by Crippen LogP contribution is 2.31. The number of hydrogen-bond donors (Lipinski definition) is 0. The summed E-state index contributed by atoms with van der Waals surface area (Å²) in [7, 11) is 0. The van der Waals surface area contributed by atoms with E-state index in [0.29, 0.717) is 30.4 Å². The Morgan fingerprint density at radius 1 is 1.00 bits per heavy atom. The van der Waals surface area contributed by atoms with Crippen LogP contribution in [0.25, 0.3) is 22.5 Å². The van der Waals surface area contributed by atoms with Crippen LogP contribution in [0.4, 0.5) is 5.69 Å². The van der Waals surface area contributed by atoms with Gasteiger partial charge in [-0.25, -0.2) is 4.98 Å². The Morgan fingerprint density at radius 3 is 2.68 bits per heavy atom. The molecule has 6 nitrogen and oxygen atoms in total. The molecule has 6 heteroatoms. The second-order valence-corrected chi connectivity index (χ2v) is 7.09. The Bertz CT molecular complexity index is 1170. The molecule has 1 amide bonds. The van der Waals surface area contributed by atoms with Gasteiger partial charge < -0.3 is 9.42 Å². The fourth-order valence-electron chi connectivity index (χ4n) is 3.54. The lowest BCUT2D eigenvalue weighted by molar-refractivity contribution is -0.117. The minimum absolute atomic E-state index is 0.0732. The number of nitrogens with zero attached hydrogens (tertiary/aromatic N) is 4. The van der Waals surface area contributed by atoms with E-state index in [1.807, 2.05) is 67.6 Å². The van der Waals surface area contributed by atoms with Crippen molar-refractivity contribution in [1.82, 2.24) is 15.1 Å². The van der Waals surface area contributed by atoms with Crippen LogP contribution in [-0.2, 0) is 4.79 Å². The highest BCUT2D eigenvalue weighted by atomic mass is 16.5. The summed E-state index contributed by atoms with van der Waals surface area (Å²) < 4.78 is 5.45. The van der Waals surface area contributed by atoms with Crippen molar-refractivity contribution in [1.29, 1.82) is 0 Å². The van der Waals surface area contributed by atoms with Gasteiger partial charge in [-0.15, -0.1) is 0 Å². The van der Waals surface area contributed by atoms with E-state index in [1.54, 1.807) is 4.90 Å². The first-order chi connectivity index (χ1) is 13.7. The van der Waals surface area contributed by atoms with Crippen LogP contribution in [0.5, 0.6) is 0 Å². The third kappa shape index (κ3) is 2.93. The molecule has 5 rings (SSSR count). The fourth-order valence-corrected chi connectivity index (χ4v) is 3.54. The van der Waals surface area contributed by atoms with Gasteiger partial charge in [-0.3, -0.25) is 4.79 Å². The molecule has 1 aliphatic heterocycles. The van der Waals surface area contributed by atoms with Crippen LogP contribution in [0.2, 0.25) is 0 Å². The molecule has 1 saturated heterocycles. The molecule has 2 aromatic heterocycles.